The van der Waals surface area contributed by atoms with E-state index in [0.717, 1.165) is 19.6 Å². The molecule has 0 heterocycles. The number of aliphatic hydroxyl groups excluding tert-OH is 24. The molecule has 32 nitrogen and oxygen atoms in total. The molecule has 0 fully saturated rings. The van der Waals surface area contributed by atoms with Gasteiger partial charge in [-0.15, -0.1) is 0 Å². The Morgan fingerprint density at radius 1 is 0.135 bits per heavy atom. The van der Waals surface area contributed by atoms with E-state index in [9.17, 15) is 61.3 Å². The maximum absolute atomic E-state index is 9.33. The Morgan fingerprint density at radius 2 is 0.189 bits per heavy atom. The normalized spacial score (nSPS) is 21.1. The van der Waals surface area contributed by atoms with E-state index in [4.69, 9.17) is 61.3 Å². The minimum Gasteiger partial charge on any atom is -0.388 e. The van der Waals surface area contributed by atoms with Crippen molar-refractivity contribution in [2.45, 2.75) is 335 Å². The van der Waals surface area contributed by atoms with Crippen molar-refractivity contribution < 1.29 is 160 Å². The first-order valence-electron chi connectivity index (χ1n) is 39.7. The Balaban J connectivity index is -0.000000114. The first-order chi connectivity index (χ1) is 48.7. The molecule has 28 N–H and O–H groups in total. The van der Waals surface area contributed by atoms with Crippen LogP contribution in [0, 0.1) is 0 Å². The van der Waals surface area contributed by atoms with Crippen molar-refractivity contribution in [3.05, 3.63) is 0 Å². The van der Waals surface area contributed by atoms with E-state index in [0.29, 0.717) is 175 Å². The second-order valence-electron chi connectivity index (χ2n) is 34.5. The van der Waals surface area contributed by atoms with Gasteiger partial charge in [-0.05, 0) is 166 Å². The summed E-state index contributed by atoms with van der Waals surface area (Å²) >= 11 is 0. The second kappa shape index (κ2) is 73.8. The van der Waals surface area contributed by atoms with E-state index >= 15 is 0 Å². The number of hydrogen-bond acceptors (Lipinski definition) is 24. The zero-order valence-electron chi connectivity index (χ0n) is 73.3. The number of nitrogens with one attached hydrogen (secondary N) is 4. The van der Waals surface area contributed by atoms with Crippen LogP contribution in [0.15, 0.2) is 0 Å². The first kappa shape index (κ1) is 133. The average Bonchev–Trinajstić information content (AvgIpc) is 0.888. The molecule has 0 rings (SSSR count). The third kappa shape index (κ3) is 109. The standard InChI is InChI=1S/4C10H24NO3.4C9H21NO3.3CH4/c4*1-8(12)5-11(4,6-9(2)13)7-10(3)14;4*1-7(11)4-10(5-8(2)12)6-9(3)13;;;/h4*8-10,12-14H,5-7H2,1-4H3;4*7-9,11-13H,4-6H2,1-3H3;3*1H4/q4*+1;;;;;;;/p+4. The van der Waals surface area contributed by atoms with Crippen LogP contribution in [0.4, 0.5) is 0 Å². The molecule has 0 aliphatic rings. The summed E-state index contributed by atoms with van der Waals surface area (Å²) in [6.07, 6.45) is -9.78. The van der Waals surface area contributed by atoms with Crippen molar-refractivity contribution in [3.63, 3.8) is 0 Å². The molecule has 32 heteroatoms. The maximum Gasteiger partial charge on any atom is 0.105 e. The van der Waals surface area contributed by atoms with Gasteiger partial charge in [-0.2, -0.15) is 0 Å². The lowest BCUT2D eigenvalue weighted by atomic mass is 10.2. The van der Waals surface area contributed by atoms with Gasteiger partial charge >= 0.3 is 0 Å². The summed E-state index contributed by atoms with van der Waals surface area (Å²) in [7, 11) is 7.75. The summed E-state index contributed by atoms with van der Waals surface area (Å²) in [6.45, 7) is 54.6. The summed E-state index contributed by atoms with van der Waals surface area (Å²) in [5, 5.41) is 222. The predicted octanol–water partition coefficient (Wildman–Crippen LogP) is -7.74. The van der Waals surface area contributed by atoms with Gasteiger partial charge in [0.05, 0.1) is 28.2 Å². The monoisotopic (exact) mass is 1640 g/mol. The van der Waals surface area contributed by atoms with Crippen LogP contribution in [0.25, 0.3) is 0 Å². The van der Waals surface area contributed by atoms with Gasteiger partial charge in [-0.3, -0.25) is 0 Å². The average molecular weight is 1640 g/mol. The van der Waals surface area contributed by atoms with Crippen LogP contribution in [-0.2, 0) is 0 Å². The molecule has 0 aliphatic carbocycles. The molecule has 111 heavy (non-hydrogen) atoms. The van der Waals surface area contributed by atoms with Crippen molar-refractivity contribution in [2.24, 2.45) is 0 Å². The molecule has 0 radical (unpaired) electrons. The number of quaternary nitrogens is 8. The van der Waals surface area contributed by atoms with Crippen LogP contribution in [0.5, 0.6) is 0 Å². The van der Waals surface area contributed by atoms with Gasteiger partial charge in [0.25, 0.3) is 0 Å². The Bertz CT molecular complexity index is 1460. The highest BCUT2D eigenvalue weighted by molar-refractivity contribution is 4.60. The smallest absolute Gasteiger partial charge is 0.105 e. The fourth-order valence-electron chi connectivity index (χ4n) is 14.6. The van der Waals surface area contributed by atoms with Crippen LogP contribution in [0.1, 0.15) is 188 Å². The van der Waals surface area contributed by atoms with Gasteiger partial charge in [0.15, 0.2) is 0 Å². The number of rotatable bonds is 48. The zero-order valence-corrected chi connectivity index (χ0v) is 73.3. The Morgan fingerprint density at radius 3 is 0.225 bits per heavy atom. The van der Waals surface area contributed by atoms with E-state index in [1.54, 1.807) is 166 Å². The molecule has 24 atom stereocenters. The first-order valence-corrected chi connectivity index (χ1v) is 39.7. The van der Waals surface area contributed by atoms with Crippen LogP contribution in [-0.4, -0.2) is 472 Å². The van der Waals surface area contributed by atoms with Crippen LogP contribution < -0.4 is 19.6 Å². The molecule has 0 saturated carbocycles. The van der Waals surface area contributed by atoms with Gasteiger partial charge in [0, 0.05) is 0 Å². The van der Waals surface area contributed by atoms with Crippen LogP contribution in [0.3, 0.4) is 0 Å². The number of hydrogen-bond donors (Lipinski definition) is 28. The lowest BCUT2D eigenvalue weighted by Gasteiger charge is -2.37. The topological polar surface area (TPSA) is 503 Å². The van der Waals surface area contributed by atoms with Gasteiger partial charge in [0.2, 0.25) is 0 Å². The van der Waals surface area contributed by atoms with E-state index in [2.05, 4.69) is 0 Å². The molecule has 0 aliphatic heterocycles. The quantitative estimate of drug-likeness (QED) is 0.0252. The third-order valence-electron chi connectivity index (χ3n) is 15.5. The van der Waals surface area contributed by atoms with E-state index in [1.807, 2.05) is 28.2 Å². The number of likely N-dealkylation sites (N-methyl/N-ethyl adjacent to an activating group) is 4. The molecule has 0 aromatic heterocycles. The molecule has 0 amide bonds. The van der Waals surface area contributed by atoms with Crippen LogP contribution in [0.2, 0.25) is 0 Å². The van der Waals surface area contributed by atoms with Crippen molar-refractivity contribution >= 4 is 0 Å². The third-order valence-corrected chi connectivity index (χ3v) is 15.5. The van der Waals surface area contributed by atoms with Gasteiger partial charge in [0.1, 0.15) is 304 Å². The molecule has 0 saturated heterocycles. The molecule has 0 bridgehead atoms. The molecular weight excluding hydrogens is 1440 g/mol. The van der Waals surface area contributed by atoms with Crippen molar-refractivity contribution in [1.29, 1.82) is 0 Å². The van der Waals surface area contributed by atoms with Crippen molar-refractivity contribution in [3.8, 4) is 0 Å². The fourth-order valence-corrected chi connectivity index (χ4v) is 14.6. The predicted molar refractivity (Wildman–Crippen MR) is 446 cm³/mol. The van der Waals surface area contributed by atoms with Crippen LogP contribution >= 0.6 is 0 Å². The Kier molecular flexibility index (Phi) is 88.5. The van der Waals surface area contributed by atoms with E-state index in [1.165, 1.54) is 0 Å². The highest BCUT2D eigenvalue weighted by Crippen LogP contribution is 2.12. The molecule has 24 unspecified atom stereocenters. The van der Waals surface area contributed by atoms with Gasteiger partial charge < -0.3 is 160 Å². The fraction of sp³-hybridized carbons (Fsp3) is 1.00. The van der Waals surface area contributed by atoms with Crippen molar-refractivity contribution in [2.75, 3.05) is 185 Å². The summed E-state index contributed by atoms with van der Waals surface area (Å²) < 4.78 is 1.97. The second-order valence-corrected chi connectivity index (χ2v) is 34.5. The molecule has 0 aromatic rings. The Labute approximate surface area is 677 Å². The highest BCUT2D eigenvalue weighted by atomic mass is 16.3. The molecule has 0 aromatic carbocycles. The summed E-state index contributed by atoms with van der Waals surface area (Å²) in [5.74, 6) is 0. The van der Waals surface area contributed by atoms with Gasteiger partial charge in [-0.25, -0.2) is 0 Å². The summed E-state index contributed by atoms with van der Waals surface area (Å²) in [5.41, 5.74) is 0. The minimum atomic E-state index is -0.419. The highest BCUT2D eigenvalue weighted by Gasteiger charge is 2.32. The van der Waals surface area contributed by atoms with E-state index in [-0.39, 0.29) is 22.3 Å². The molecule has 688 valence electrons. The Hall–Kier alpha value is -1.28. The lowest BCUT2D eigenvalue weighted by Crippen LogP contribution is -3.15. The molecule has 0 spiro atoms. The maximum atomic E-state index is 9.33. The lowest BCUT2D eigenvalue weighted by molar-refractivity contribution is -0.917. The van der Waals surface area contributed by atoms with Gasteiger partial charge in [-0.1, -0.05) is 22.3 Å². The number of nitrogens with zero attached hydrogens (tertiary/aromatic N) is 4. The summed E-state index contributed by atoms with van der Waals surface area (Å²) in [6, 6.07) is 0. The van der Waals surface area contributed by atoms with E-state index < -0.39 is 146 Å². The largest absolute Gasteiger partial charge is 0.388 e. The number of aliphatic hydroxyl groups is 24. The van der Waals surface area contributed by atoms with Crippen molar-refractivity contribution in [1.82, 2.24) is 0 Å². The molecular formula is C79H196N8O24+8. The minimum absolute atomic E-state index is 0. The SMILES string of the molecule is C.C.C.CC(O)C[N+](C)(CC(C)O)CC(C)O.CC(O)C[N+](C)(CC(C)O)CC(C)O.CC(O)C[N+](C)(CC(C)O)CC(C)O.CC(O)C[N+](C)(CC(C)O)CC(C)O.CC(O)C[NH+](CC(C)O)CC(C)O.CC(O)C[NH+](CC(C)O)CC(C)O.CC(O)C[NH+](CC(C)O)CC(C)O.CC(O)C[NH+](CC(C)O)CC(C)O. The zero-order chi connectivity index (χ0) is 87.1. The summed E-state index contributed by atoms with van der Waals surface area (Å²) in [4.78, 5) is 4.11.